The largest absolute Gasteiger partial charge is 0.595 e. The Morgan fingerprint density at radius 1 is 1.45 bits per heavy atom. The van der Waals surface area contributed by atoms with Crippen molar-refractivity contribution in [3.8, 4) is 5.75 Å². The molecule has 1 rings (SSSR count). The molecule has 0 fully saturated rings. The molecule has 0 amide bonds. The summed E-state index contributed by atoms with van der Waals surface area (Å²) in [7, 11) is 1.27. The van der Waals surface area contributed by atoms with Gasteiger partial charge >= 0.3 is 0 Å². The Morgan fingerprint density at radius 2 is 2.09 bits per heavy atom. The second-order valence-corrected chi connectivity index (χ2v) is 2.01. The van der Waals surface area contributed by atoms with Crippen LogP contribution in [0.3, 0.4) is 0 Å². The number of nitrogens with one attached hydrogen (secondary N) is 1. The molecule has 4 nitrogen and oxygen atoms in total. The molecular weight excluding hydrogens is 146 g/mol. The normalized spacial score (nSPS) is 12.9. The van der Waals surface area contributed by atoms with Gasteiger partial charge in [0.1, 0.15) is 0 Å². The maximum atomic E-state index is 10.9. The number of hydrogen-bond acceptors (Lipinski definition) is 3. The van der Waals surface area contributed by atoms with E-state index >= 15 is 0 Å². The van der Waals surface area contributed by atoms with E-state index in [1.807, 2.05) is 0 Å². The summed E-state index contributed by atoms with van der Waals surface area (Å²) in [5, 5.41) is 19.4. The number of rotatable bonds is 2. The highest BCUT2D eigenvalue weighted by atomic mass is 16.9. The third-order valence-corrected chi connectivity index (χ3v) is 1.31. The van der Waals surface area contributed by atoms with Crippen molar-refractivity contribution >= 4 is 5.69 Å². The number of phenolic OH excluding ortho intramolecular Hbond substituents is 1. The molecule has 1 aromatic carbocycles. The van der Waals surface area contributed by atoms with Crippen LogP contribution in [0, 0.1) is 5.21 Å². The van der Waals surface area contributed by atoms with Gasteiger partial charge in [-0.15, -0.1) is 0 Å². The molecule has 0 heterocycles. The number of quaternary nitrogens is 1. The van der Waals surface area contributed by atoms with Crippen molar-refractivity contribution in [1.29, 1.82) is 0 Å². The molecule has 0 saturated carbocycles. The molecule has 0 saturated heterocycles. The maximum Gasteiger partial charge on any atom is 0.206 e. The van der Waals surface area contributed by atoms with Gasteiger partial charge in [0.25, 0.3) is 0 Å². The van der Waals surface area contributed by atoms with Gasteiger partial charge in [0.15, 0.2) is 5.75 Å². The highest BCUT2D eigenvalue weighted by Gasteiger charge is 2.06. The molecule has 2 N–H and O–H groups in total. The summed E-state index contributed by atoms with van der Waals surface area (Å²) < 4.78 is 0. The smallest absolute Gasteiger partial charge is 0.206 e. The zero-order chi connectivity index (χ0) is 8.27. The third-order valence-electron chi connectivity index (χ3n) is 1.31. The fraction of sp³-hybridized carbons (Fsp3) is 0.143. The van der Waals surface area contributed by atoms with Crippen LogP contribution in [-0.2, 0) is 4.84 Å². The predicted molar refractivity (Wildman–Crippen MR) is 39.1 cm³/mol. The fourth-order valence-corrected chi connectivity index (χ4v) is 0.756. The second kappa shape index (κ2) is 3.34. The maximum absolute atomic E-state index is 10.9. The molecule has 60 valence electrons. The van der Waals surface area contributed by atoms with Crippen LogP contribution in [0.5, 0.6) is 5.75 Å². The van der Waals surface area contributed by atoms with Gasteiger partial charge in [-0.25, -0.2) is 4.84 Å². The van der Waals surface area contributed by atoms with Crippen molar-refractivity contribution in [3.05, 3.63) is 29.5 Å². The first-order chi connectivity index (χ1) is 5.25. The average molecular weight is 155 g/mol. The summed E-state index contributed by atoms with van der Waals surface area (Å²) in [6.07, 6.45) is 0. The van der Waals surface area contributed by atoms with Crippen LogP contribution in [0.15, 0.2) is 24.3 Å². The molecule has 0 aliphatic heterocycles. The van der Waals surface area contributed by atoms with Crippen LogP contribution in [0.2, 0.25) is 0 Å². The van der Waals surface area contributed by atoms with E-state index in [0.29, 0.717) is 0 Å². The number of para-hydroxylation sites is 1. The van der Waals surface area contributed by atoms with Gasteiger partial charge < -0.3 is 10.3 Å². The van der Waals surface area contributed by atoms with E-state index in [1.165, 1.54) is 19.2 Å². The first kappa shape index (κ1) is 8.00. The molecular formula is C7H9NO3. The summed E-state index contributed by atoms with van der Waals surface area (Å²) in [4.78, 5) is 4.42. The summed E-state index contributed by atoms with van der Waals surface area (Å²) in [5.74, 6) is -0.0562. The van der Waals surface area contributed by atoms with Gasteiger partial charge in [-0.3, -0.25) is 0 Å². The van der Waals surface area contributed by atoms with Gasteiger partial charge in [0, 0.05) is 6.07 Å². The van der Waals surface area contributed by atoms with Crippen molar-refractivity contribution in [2.24, 2.45) is 0 Å². The van der Waals surface area contributed by atoms with E-state index in [1.54, 1.807) is 12.1 Å². The number of aromatic hydroxyl groups is 1. The standard InChI is InChI=1S/C7H9NO3/c1-11-8(10)6-4-2-3-5-7(6)9/h2-5,8-9H,1H3. The van der Waals surface area contributed by atoms with Crippen LogP contribution in [0.4, 0.5) is 5.69 Å². The first-order valence-electron chi connectivity index (χ1n) is 3.12. The molecule has 11 heavy (non-hydrogen) atoms. The summed E-state index contributed by atoms with van der Waals surface area (Å²) in [6, 6.07) is 6.24. The number of benzene rings is 1. The number of hydrogen-bond donors (Lipinski definition) is 2. The van der Waals surface area contributed by atoms with Crippen molar-refractivity contribution in [2.45, 2.75) is 0 Å². The molecule has 4 heteroatoms. The number of phenols is 1. The lowest BCUT2D eigenvalue weighted by Gasteiger charge is -2.16. The summed E-state index contributed by atoms with van der Waals surface area (Å²) in [6.45, 7) is 0. The average Bonchev–Trinajstić information content (AvgIpc) is 2.04. The SMILES string of the molecule is CO[NH+]([O-])c1ccccc1O. The van der Waals surface area contributed by atoms with Gasteiger partial charge in [-0.1, -0.05) is 12.1 Å². The van der Waals surface area contributed by atoms with Crippen LogP contribution < -0.4 is 5.23 Å². The Hall–Kier alpha value is -1.10. The molecule has 1 atom stereocenters. The lowest BCUT2D eigenvalue weighted by molar-refractivity contribution is -0.992. The Kier molecular flexibility index (Phi) is 2.43. The van der Waals surface area contributed by atoms with E-state index in [4.69, 9.17) is 5.11 Å². The quantitative estimate of drug-likeness (QED) is 0.465. The highest BCUT2D eigenvalue weighted by molar-refractivity contribution is 5.43. The van der Waals surface area contributed by atoms with E-state index < -0.39 is 5.23 Å². The highest BCUT2D eigenvalue weighted by Crippen LogP contribution is 2.16. The Bertz CT molecular complexity index is 239. The lowest BCUT2D eigenvalue weighted by atomic mass is 10.3. The van der Waals surface area contributed by atoms with Crippen LogP contribution >= 0.6 is 0 Å². The molecule has 0 aliphatic carbocycles. The minimum Gasteiger partial charge on any atom is -0.595 e. The van der Waals surface area contributed by atoms with Crippen molar-refractivity contribution in [2.75, 3.05) is 7.11 Å². The van der Waals surface area contributed by atoms with Gasteiger partial charge in [0.2, 0.25) is 5.69 Å². The van der Waals surface area contributed by atoms with E-state index in [9.17, 15) is 5.21 Å². The van der Waals surface area contributed by atoms with E-state index in [-0.39, 0.29) is 11.4 Å². The van der Waals surface area contributed by atoms with Crippen molar-refractivity contribution < 1.29 is 15.2 Å². The fourth-order valence-electron chi connectivity index (χ4n) is 0.756. The topological polar surface area (TPSA) is 57.0 Å². The lowest BCUT2D eigenvalue weighted by Crippen LogP contribution is -3.00. The van der Waals surface area contributed by atoms with Gasteiger partial charge in [-0.2, -0.15) is 5.23 Å². The van der Waals surface area contributed by atoms with Crippen molar-refractivity contribution in [1.82, 2.24) is 0 Å². The zero-order valence-corrected chi connectivity index (χ0v) is 6.07. The zero-order valence-electron chi connectivity index (χ0n) is 6.07. The summed E-state index contributed by atoms with van der Waals surface area (Å²) >= 11 is 0. The molecule has 0 radical (unpaired) electrons. The Morgan fingerprint density at radius 3 is 2.64 bits per heavy atom. The van der Waals surface area contributed by atoms with Crippen LogP contribution in [-0.4, -0.2) is 12.2 Å². The van der Waals surface area contributed by atoms with Crippen LogP contribution in [0.1, 0.15) is 0 Å². The van der Waals surface area contributed by atoms with Crippen molar-refractivity contribution in [3.63, 3.8) is 0 Å². The first-order valence-corrected chi connectivity index (χ1v) is 3.12. The molecule has 0 spiro atoms. The molecule has 0 bridgehead atoms. The third kappa shape index (κ3) is 1.68. The minimum absolute atomic E-state index is 0.0562. The Balaban J connectivity index is 2.93. The van der Waals surface area contributed by atoms with E-state index in [2.05, 4.69) is 4.84 Å². The predicted octanol–water partition coefficient (Wildman–Crippen LogP) is -0.0322. The molecule has 0 aliphatic rings. The van der Waals surface area contributed by atoms with E-state index in [0.717, 1.165) is 0 Å². The van der Waals surface area contributed by atoms with Gasteiger partial charge in [-0.05, 0) is 6.07 Å². The Labute approximate surface area is 64.2 Å². The second-order valence-electron chi connectivity index (χ2n) is 2.01. The molecule has 0 aromatic heterocycles. The molecule has 1 aromatic rings. The molecule has 1 unspecified atom stereocenters. The minimum atomic E-state index is -0.525. The van der Waals surface area contributed by atoms with Crippen LogP contribution in [0.25, 0.3) is 0 Å². The summed E-state index contributed by atoms with van der Waals surface area (Å²) in [5.41, 5.74) is 0.190. The monoisotopic (exact) mass is 155 g/mol. The van der Waals surface area contributed by atoms with Gasteiger partial charge in [0.05, 0.1) is 7.11 Å².